The fourth-order valence-corrected chi connectivity index (χ4v) is 3.18. The fourth-order valence-electron chi connectivity index (χ4n) is 3.18. The molecule has 3 aromatic carbocycles. The van der Waals surface area contributed by atoms with Gasteiger partial charge < -0.3 is 14.6 Å². The van der Waals surface area contributed by atoms with Crippen LogP contribution in [0.5, 0.6) is 5.75 Å². The molecule has 1 amide bonds. The van der Waals surface area contributed by atoms with Crippen LogP contribution in [0.2, 0.25) is 0 Å². The minimum absolute atomic E-state index is 0.0452. The molecule has 0 aliphatic rings. The van der Waals surface area contributed by atoms with Crippen LogP contribution in [0.3, 0.4) is 0 Å². The number of aromatic nitrogens is 2. The molecule has 0 bridgehead atoms. The molecule has 1 N–H and O–H groups in total. The SMILES string of the molecule is Cc1cccc(OCc2nc3ccccc3n2CC(=O)Nc2cccc(F)c2)c1. The Hall–Kier alpha value is -3.67. The third kappa shape index (κ3) is 4.43. The molecular formula is C23H20FN3O2. The van der Waals surface area contributed by atoms with Gasteiger partial charge in [-0.05, 0) is 55.0 Å². The van der Waals surface area contributed by atoms with Crippen LogP contribution in [0.4, 0.5) is 10.1 Å². The van der Waals surface area contributed by atoms with E-state index in [0.29, 0.717) is 11.5 Å². The summed E-state index contributed by atoms with van der Waals surface area (Å²) < 4.78 is 21.1. The van der Waals surface area contributed by atoms with E-state index in [2.05, 4.69) is 10.3 Å². The Morgan fingerprint density at radius 1 is 1.07 bits per heavy atom. The number of para-hydroxylation sites is 2. The van der Waals surface area contributed by atoms with Crippen molar-refractivity contribution in [2.45, 2.75) is 20.1 Å². The first-order chi connectivity index (χ1) is 14.1. The second-order valence-electron chi connectivity index (χ2n) is 6.77. The van der Waals surface area contributed by atoms with Crippen molar-refractivity contribution in [3.05, 3.63) is 90.0 Å². The molecule has 5 nitrogen and oxygen atoms in total. The van der Waals surface area contributed by atoms with E-state index in [0.717, 1.165) is 22.3 Å². The van der Waals surface area contributed by atoms with Gasteiger partial charge in [0.25, 0.3) is 0 Å². The monoisotopic (exact) mass is 389 g/mol. The predicted octanol–water partition coefficient (Wildman–Crippen LogP) is 4.70. The maximum atomic E-state index is 13.4. The molecule has 0 spiro atoms. The summed E-state index contributed by atoms with van der Waals surface area (Å²) in [5, 5.41) is 2.73. The summed E-state index contributed by atoms with van der Waals surface area (Å²) in [6.45, 7) is 2.27. The van der Waals surface area contributed by atoms with Crippen LogP contribution in [-0.2, 0) is 17.9 Å². The number of hydrogen-bond donors (Lipinski definition) is 1. The zero-order valence-corrected chi connectivity index (χ0v) is 15.9. The molecule has 1 heterocycles. The van der Waals surface area contributed by atoms with Gasteiger partial charge in [0.2, 0.25) is 5.91 Å². The van der Waals surface area contributed by atoms with Gasteiger partial charge in [-0.25, -0.2) is 9.37 Å². The van der Waals surface area contributed by atoms with Gasteiger partial charge >= 0.3 is 0 Å². The summed E-state index contributed by atoms with van der Waals surface area (Å²) >= 11 is 0. The molecule has 0 saturated carbocycles. The van der Waals surface area contributed by atoms with E-state index < -0.39 is 5.82 Å². The van der Waals surface area contributed by atoms with E-state index >= 15 is 0 Å². The molecule has 0 fully saturated rings. The van der Waals surface area contributed by atoms with Gasteiger partial charge in [0, 0.05) is 5.69 Å². The normalized spacial score (nSPS) is 10.8. The van der Waals surface area contributed by atoms with Crippen LogP contribution in [0.1, 0.15) is 11.4 Å². The van der Waals surface area contributed by atoms with E-state index in [9.17, 15) is 9.18 Å². The topological polar surface area (TPSA) is 56.2 Å². The Labute approximate surface area is 167 Å². The molecule has 4 aromatic rings. The van der Waals surface area contributed by atoms with Gasteiger partial charge in [-0.1, -0.05) is 30.3 Å². The lowest BCUT2D eigenvalue weighted by molar-refractivity contribution is -0.116. The fraction of sp³-hybridized carbons (Fsp3) is 0.130. The van der Waals surface area contributed by atoms with Crippen molar-refractivity contribution < 1.29 is 13.9 Å². The minimum atomic E-state index is -0.400. The Morgan fingerprint density at radius 2 is 1.90 bits per heavy atom. The smallest absolute Gasteiger partial charge is 0.244 e. The lowest BCUT2D eigenvalue weighted by Gasteiger charge is -2.11. The predicted molar refractivity (Wildman–Crippen MR) is 110 cm³/mol. The van der Waals surface area contributed by atoms with Gasteiger partial charge in [-0.3, -0.25) is 4.79 Å². The highest BCUT2D eigenvalue weighted by Crippen LogP contribution is 2.19. The lowest BCUT2D eigenvalue weighted by Crippen LogP contribution is -2.20. The molecule has 4 rings (SSSR count). The molecule has 0 atom stereocenters. The summed E-state index contributed by atoms with van der Waals surface area (Å²) in [5.41, 5.74) is 3.14. The first-order valence-electron chi connectivity index (χ1n) is 9.27. The highest BCUT2D eigenvalue weighted by molar-refractivity contribution is 5.91. The van der Waals surface area contributed by atoms with Gasteiger partial charge in [0.05, 0.1) is 11.0 Å². The number of halogens is 1. The third-order valence-electron chi connectivity index (χ3n) is 4.50. The van der Waals surface area contributed by atoms with Crippen molar-refractivity contribution in [1.82, 2.24) is 9.55 Å². The van der Waals surface area contributed by atoms with E-state index in [1.807, 2.05) is 60.0 Å². The van der Waals surface area contributed by atoms with Crippen molar-refractivity contribution >= 4 is 22.6 Å². The van der Waals surface area contributed by atoms with Gasteiger partial charge in [0.15, 0.2) is 0 Å². The van der Waals surface area contributed by atoms with E-state index in [-0.39, 0.29) is 19.1 Å². The first-order valence-corrected chi connectivity index (χ1v) is 9.27. The summed E-state index contributed by atoms with van der Waals surface area (Å²) in [6.07, 6.45) is 0. The molecule has 0 radical (unpaired) electrons. The summed E-state index contributed by atoms with van der Waals surface area (Å²) in [7, 11) is 0. The van der Waals surface area contributed by atoms with Crippen LogP contribution in [0.25, 0.3) is 11.0 Å². The number of aryl methyl sites for hydroxylation is 1. The van der Waals surface area contributed by atoms with E-state index in [4.69, 9.17) is 4.74 Å². The number of nitrogens with zero attached hydrogens (tertiary/aromatic N) is 2. The number of anilines is 1. The Bertz CT molecular complexity index is 1170. The summed E-state index contributed by atoms with van der Waals surface area (Å²) in [4.78, 5) is 17.2. The molecule has 1 aromatic heterocycles. The van der Waals surface area contributed by atoms with E-state index in [1.165, 1.54) is 12.1 Å². The number of nitrogens with one attached hydrogen (secondary N) is 1. The highest BCUT2D eigenvalue weighted by atomic mass is 19.1. The number of rotatable bonds is 6. The summed E-state index contributed by atoms with van der Waals surface area (Å²) in [6, 6.07) is 21.2. The Morgan fingerprint density at radius 3 is 2.72 bits per heavy atom. The molecule has 0 unspecified atom stereocenters. The quantitative estimate of drug-likeness (QED) is 0.520. The average Bonchev–Trinajstić information content (AvgIpc) is 3.04. The average molecular weight is 389 g/mol. The minimum Gasteiger partial charge on any atom is -0.486 e. The number of hydrogen-bond acceptors (Lipinski definition) is 3. The van der Waals surface area contributed by atoms with Crippen molar-refractivity contribution in [3.8, 4) is 5.75 Å². The first kappa shape index (κ1) is 18.7. The molecule has 0 aliphatic heterocycles. The number of fused-ring (bicyclic) bond motifs is 1. The van der Waals surface area contributed by atoms with Crippen LogP contribution >= 0.6 is 0 Å². The zero-order chi connectivity index (χ0) is 20.2. The second-order valence-corrected chi connectivity index (χ2v) is 6.77. The van der Waals surface area contributed by atoms with E-state index in [1.54, 1.807) is 12.1 Å². The van der Waals surface area contributed by atoms with Gasteiger partial charge in [0.1, 0.15) is 30.5 Å². The number of imidazole rings is 1. The van der Waals surface area contributed by atoms with Gasteiger partial charge in [-0.15, -0.1) is 0 Å². The van der Waals surface area contributed by atoms with Gasteiger partial charge in [-0.2, -0.15) is 0 Å². The van der Waals surface area contributed by atoms with Crippen LogP contribution in [0.15, 0.2) is 72.8 Å². The maximum absolute atomic E-state index is 13.4. The maximum Gasteiger partial charge on any atom is 0.244 e. The summed E-state index contributed by atoms with van der Waals surface area (Å²) in [5.74, 6) is 0.716. The Kier molecular flexibility index (Phi) is 5.24. The number of carbonyl (C=O) groups is 1. The number of carbonyl (C=O) groups excluding carboxylic acids is 1. The number of ether oxygens (including phenoxy) is 1. The Balaban J connectivity index is 1.57. The van der Waals surface area contributed by atoms with Crippen molar-refractivity contribution in [2.24, 2.45) is 0 Å². The molecule has 29 heavy (non-hydrogen) atoms. The molecule has 0 aliphatic carbocycles. The molecular weight excluding hydrogens is 369 g/mol. The largest absolute Gasteiger partial charge is 0.486 e. The van der Waals surface area contributed by atoms with Crippen LogP contribution in [-0.4, -0.2) is 15.5 Å². The second kappa shape index (κ2) is 8.14. The molecule has 146 valence electrons. The third-order valence-corrected chi connectivity index (χ3v) is 4.50. The van der Waals surface area contributed by atoms with Crippen molar-refractivity contribution in [2.75, 3.05) is 5.32 Å². The molecule has 6 heteroatoms. The lowest BCUT2D eigenvalue weighted by atomic mass is 10.2. The molecule has 0 saturated heterocycles. The zero-order valence-electron chi connectivity index (χ0n) is 15.9. The number of amides is 1. The standard InChI is InChI=1S/C23H20FN3O2/c1-16-6-4-9-19(12-16)29-15-22-26-20-10-2-3-11-21(20)27(22)14-23(28)25-18-8-5-7-17(24)13-18/h2-13H,14-15H2,1H3,(H,25,28). The van der Waals surface area contributed by atoms with Crippen LogP contribution < -0.4 is 10.1 Å². The van der Waals surface area contributed by atoms with Crippen molar-refractivity contribution in [1.29, 1.82) is 0 Å². The highest BCUT2D eigenvalue weighted by Gasteiger charge is 2.14. The van der Waals surface area contributed by atoms with Crippen LogP contribution in [0, 0.1) is 12.7 Å². The van der Waals surface area contributed by atoms with Crippen molar-refractivity contribution in [3.63, 3.8) is 0 Å². The number of benzene rings is 3.